The van der Waals surface area contributed by atoms with Gasteiger partial charge in [-0.1, -0.05) is 0 Å². The highest BCUT2D eigenvalue weighted by Gasteiger charge is 2.03. The highest BCUT2D eigenvalue weighted by Crippen LogP contribution is 2.02. The summed E-state index contributed by atoms with van der Waals surface area (Å²) in [5, 5.41) is 0.493. The lowest BCUT2D eigenvalue weighted by Gasteiger charge is -1.77. The minimum absolute atomic E-state index is 0.0133. The van der Waals surface area contributed by atoms with Gasteiger partial charge in [0.25, 0.3) is 0 Å². The molecule has 0 aromatic carbocycles. The molecule has 0 aliphatic heterocycles. The minimum atomic E-state index is -0.0133. The predicted octanol–water partition coefficient (Wildman–Crippen LogP) is 1.05. The standard InChI is InChI=1S/C5H6N2OS/c1-3(8)5-6-4(2)7-9-5/h1-2H3. The molecule has 0 radical (unpaired) electrons. The molecule has 0 spiro atoms. The van der Waals surface area contributed by atoms with E-state index in [-0.39, 0.29) is 5.78 Å². The monoisotopic (exact) mass is 142 g/mol. The van der Waals surface area contributed by atoms with Gasteiger partial charge < -0.3 is 0 Å². The summed E-state index contributed by atoms with van der Waals surface area (Å²) < 4.78 is 3.85. The third-order valence-corrected chi connectivity index (χ3v) is 1.74. The summed E-state index contributed by atoms with van der Waals surface area (Å²) in [6.45, 7) is 3.25. The van der Waals surface area contributed by atoms with Crippen molar-refractivity contribution in [3.8, 4) is 0 Å². The maximum atomic E-state index is 10.6. The van der Waals surface area contributed by atoms with E-state index in [0.717, 1.165) is 11.5 Å². The molecule has 0 aliphatic rings. The highest BCUT2D eigenvalue weighted by molar-refractivity contribution is 7.07. The second-order valence-electron chi connectivity index (χ2n) is 1.70. The van der Waals surface area contributed by atoms with Gasteiger partial charge in [-0.05, 0) is 18.5 Å². The zero-order valence-corrected chi connectivity index (χ0v) is 6.03. The number of hydrogen-bond acceptors (Lipinski definition) is 4. The first-order chi connectivity index (χ1) is 4.20. The van der Waals surface area contributed by atoms with Crippen LogP contribution in [0.4, 0.5) is 0 Å². The summed E-state index contributed by atoms with van der Waals surface area (Å²) in [7, 11) is 0. The van der Waals surface area contributed by atoms with E-state index in [9.17, 15) is 4.79 Å². The Morgan fingerprint density at radius 3 is 2.56 bits per heavy atom. The van der Waals surface area contributed by atoms with Crippen molar-refractivity contribution in [1.29, 1.82) is 0 Å². The SMILES string of the molecule is CC(=O)c1nc(C)ns1. The predicted molar refractivity (Wildman–Crippen MR) is 34.7 cm³/mol. The second kappa shape index (κ2) is 2.23. The Hall–Kier alpha value is -0.770. The van der Waals surface area contributed by atoms with E-state index in [2.05, 4.69) is 9.36 Å². The molecule has 0 bridgehead atoms. The van der Waals surface area contributed by atoms with Crippen LogP contribution in [0.15, 0.2) is 0 Å². The largest absolute Gasteiger partial charge is 0.292 e. The average Bonchev–Trinajstić information content (AvgIpc) is 2.14. The van der Waals surface area contributed by atoms with Gasteiger partial charge in [0.05, 0.1) is 0 Å². The van der Waals surface area contributed by atoms with Crippen LogP contribution >= 0.6 is 11.5 Å². The third-order valence-electron chi connectivity index (χ3n) is 0.829. The maximum Gasteiger partial charge on any atom is 0.189 e. The molecule has 0 N–H and O–H groups in total. The summed E-state index contributed by atoms with van der Waals surface area (Å²) in [6.07, 6.45) is 0. The fourth-order valence-corrected chi connectivity index (χ4v) is 1.00. The number of Topliss-reactive ketones (excluding diaryl/α,β-unsaturated/α-hetero) is 1. The van der Waals surface area contributed by atoms with Crippen LogP contribution in [-0.4, -0.2) is 15.1 Å². The summed E-state index contributed by atoms with van der Waals surface area (Å²) >= 11 is 1.15. The van der Waals surface area contributed by atoms with Crippen LogP contribution in [0.3, 0.4) is 0 Å². The molecule has 1 heterocycles. The topological polar surface area (TPSA) is 42.9 Å². The summed E-state index contributed by atoms with van der Waals surface area (Å²) in [5.41, 5.74) is 0. The maximum absolute atomic E-state index is 10.6. The lowest BCUT2D eigenvalue weighted by molar-refractivity contribution is 0.101. The molecule has 4 heteroatoms. The molecule has 0 unspecified atom stereocenters. The number of ketones is 1. The molecule has 1 rings (SSSR count). The van der Waals surface area contributed by atoms with Crippen LogP contribution in [0.5, 0.6) is 0 Å². The number of rotatable bonds is 1. The zero-order valence-electron chi connectivity index (χ0n) is 5.21. The number of aromatic nitrogens is 2. The molecule has 1 aromatic rings. The van der Waals surface area contributed by atoms with Crippen molar-refractivity contribution in [2.75, 3.05) is 0 Å². The first-order valence-corrected chi connectivity index (χ1v) is 3.29. The molecule has 1 aromatic heterocycles. The Kier molecular flexibility index (Phi) is 1.57. The van der Waals surface area contributed by atoms with Gasteiger partial charge in [0.15, 0.2) is 10.8 Å². The van der Waals surface area contributed by atoms with Crippen molar-refractivity contribution in [3.05, 3.63) is 10.8 Å². The van der Waals surface area contributed by atoms with Gasteiger partial charge in [-0.25, -0.2) is 4.98 Å². The van der Waals surface area contributed by atoms with Crippen LogP contribution in [0.25, 0.3) is 0 Å². The van der Waals surface area contributed by atoms with Gasteiger partial charge in [-0.3, -0.25) is 4.79 Å². The van der Waals surface area contributed by atoms with Gasteiger partial charge in [0.2, 0.25) is 0 Å². The van der Waals surface area contributed by atoms with Gasteiger partial charge in [0.1, 0.15) is 5.82 Å². The Labute approximate surface area is 56.9 Å². The average molecular weight is 142 g/mol. The number of nitrogens with zero attached hydrogens (tertiary/aromatic N) is 2. The smallest absolute Gasteiger partial charge is 0.189 e. The fourth-order valence-electron chi connectivity index (χ4n) is 0.440. The van der Waals surface area contributed by atoms with E-state index >= 15 is 0 Å². The van der Waals surface area contributed by atoms with E-state index < -0.39 is 0 Å². The summed E-state index contributed by atoms with van der Waals surface area (Å²) in [4.78, 5) is 14.4. The van der Waals surface area contributed by atoms with Crippen molar-refractivity contribution >= 4 is 17.3 Å². The van der Waals surface area contributed by atoms with E-state index in [1.165, 1.54) is 6.92 Å². The molecule has 48 valence electrons. The van der Waals surface area contributed by atoms with Crippen molar-refractivity contribution in [3.63, 3.8) is 0 Å². The Balaban J connectivity index is 2.98. The molecule has 9 heavy (non-hydrogen) atoms. The van der Waals surface area contributed by atoms with Crippen LogP contribution in [0.2, 0.25) is 0 Å². The lowest BCUT2D eigenvalue weighted by atomic mass is 10.5. The minimum Gasteiger partial charge on any atom is -0.292 e. The van der Waals surface area contributed by atoms with Crippen molar-refractivity contribution in [1.82, 2.24) is 9.36 Å². The number of aryl methyl sites for hydroxylation is 1. The molecule has 0 saturated heterocycles. The molecular formula is C5H6N2OS. The fraction of sp³-hybridized carbons (Fsp3) is 0.400. The Morgan fingerprint density at radius 2 is 2.33 bits per heavy atom. The number of carbonyl (C=O) groups is 1. The van der Waals surface area contributed by atoms with Crippen molar-refractivity contribution in [2.45, 2.75) is 13.8 Å². The lowest BCUT2D eigenvalue weighted by Crippen LogP contribution is -1.88. The summed E-state index contributed by atoms with van der Waals surface area (Å²) in [5.74, 6) is 0.658. The molecule has 0 saturated carbocycles. The van der Waals surface area contributed by atoms with Crippen LogP contribution < -0.4 is 0 Å². The van der Waals surface area contributed by atoms with E-state index in [4.69, 9.17) is 0 Å². The number of hydrogen-bond donors (Lipinski definition) is 0. The van der Waals surface area contributed by atoms with E-state index in [1.54, 1.807) is 6.92 Å². The van der Waals surface area contributed by atoms with Crippen LogP contribution in [0, 0.1) is 6.92 Å². The van der Waals surface area contributed by atoms with Gasteiger partial charge in [0, 0.05) is 6.92 Å². The normalized spacial score (nSPS) is 9.56. The Bertz CT molecular complexity index is 231. The highest BCUT2D eigenvalue weighted by atomic mass is 32.1. The molecule has 0 fully saturated rings. The number of carbonyl (C=O) groups excluding carboxylic acids is 1. The Morgan fingerprint density at radius 1 is 1.67 bits per heavy atom. The molecule has 0 amide bonds. The second-order valence-corrected chi connectivity index (χ2v) is 2.45. The third kappa shape index (κ3) is 1.32. The van der Waals surface area contributed by atoms with Crippen LogP contribution in [0.1, 0.15) is 22.6 Å². The van der Waals surface area contributed by atoms with E-state index in [0.29, 0.717) is 10.8 Å². The van der Waals surface area contributed by atoms with Crippen molar-refractivity contribution < 1.29 is 4.79 Å². The quantitative estimate of drug-likeness (QED) is 0.550. The molecule has 0 aliphatic carbocycles. The van der Waals surface area contributed by atoms with E-state index in [1.807, 2.05) is 0 Å². The molecule has 3 nitrogen and oxygen atoms in total. The van der Waals surface area contributed by atoms with Gasteiger partial charge in [-0.15, -0.1) is 0 Å². The first-order valence-electron chi connectivity index (χ1n) is 2.51. The first kappa shape index (κ1) is 6.35. The molecular weight excluding hydrogens is 136 g/mol. The van der Waals surface area contributed by atoms with Crippen LogP contribution in [-0.2, 0) is 0 Å². The zero-order chi connectivity index (χ0) is 6.85. The van der Waals surface area contributed by atoms with Crippen molar-refractivity contribution in [2.24, 2.45) is 0 Å². The van der Waals surface area contributed by atoms with Gasteiger partial charge in [-0.2, -0.15) is 4.37 Å². The molecule has 0 atom stereocenters. The summed E-state index contributed by atoms with van der Waals surface area (Å²) in [6, 6.07) is 0. The van der Waals surface area contributed by atoms with Gasteiger partial charge >= 0.3 is 0 Å².